The number of amides is 1. The van der Waals surface area contributed by atoms with Crippen LogP contribution < -0.4 is 15.5 Å². The van der Waals surface area contributed by atoms with Gasteiger partial charge in [0.1, 0.15) is 17.5 Å². The number of nitrogens with zero attached hydrogens (tertiary/aromatic N) is 3. The summed E-state index contributed by atoms with van der Waals surface area (Å²) in [7, 11) is 0. The molecule has 3 N–H and O–H groups in total. The second kappa shape index (κ2) is 9.74. The van der Waals surface area contributed by atoms with Crippen LogP contribution in [0.3, 0.4) is 0 Å². The number of pyridine rings is 2. The molecular weight excluding hydrogens is 442 g/mol. The molecule has 8 nitrogen and oxygen atoms in total. The number of piperidine rings is 1. The summed E-state index contributed by atoms with van der Waals surface area (Å²) in [5.41, 5.74) is 1.56. The van der Waals surface area contributed by atoms with Crippen molar-refractivity contribution in [2.24, 2.45) is 5.41 Å². The lowest BCUT2D eigenvalue weighted by Gasteiger charge is -2.34. The zero-order valence-corrected chi connectivity index (χ0v) is 20.8. The molecule has 5 rings (SSSR count). The highest BCUT2D eigenvalue weighted by Crippen LogP contribution is 2.54. The van der Waals surface area contributed by atoms with E-state index in [4.69, 9.17) is 14.7 Å². The van der Waals surface area contributed by atoms with Crippen molar-refractivity contribution in [3.05, 3.63) is 41.6 Å². The van der Waals surface area contributed by atoms with Crippen molar-refractivity contribution in [1.29, 1.82) is 0 Å². The fraction of sp³-hybridized carbons (Fsp3) is 0.593. The summed E-state index contributed by atoms with van der Waals surface area (Å²) in [5.74, 6) is 2.06. The second-order valence-electron chi connectivity index (χ2n) is 11.0. The lowest BCUT2D eigenvalue weighted by Crippen LogP contribution is -2.38. The summed E-state index contributed by atoms with van der Waals surface area (Å²) in [4.78, 5) is 25.3. The predicted molar refractivity (Wildman–Crippen MR) is 137 cm³/mol. The number of hydrogen-bond donors (Lipinski definition) is 3. The van der Waals surface area contributed by atoms with Gasteiger partial charge < -0.3 is 25.4 Å². The number of carbonyl (C=O) groups is 1. The molecule has 0 unspecified atom stereocenters. The number of rotatable bonds is 7. The predicted octanol–water partition coefficient (Wildman–Crippen LogP) is 4.19. The first-order valence-electron chi connectivity index (χ1n) is 12.9. The SMILES string of the molecule is CC(C)(CO)Nc1ccc(C(=O)Nc2cccc(C3CCOCC3)n2)c(N2CCC3(CC2)CC3)n1. The summed E-state index contributed by atoms with van der Waals surface area (Å²) < 4.78 is 5.48. The van der Waals surface area contributed by atoms with Gasteiger partial charge in [0, 0.05) is 37.9 Å². The van der Waals surface area contributed by atoms with Crippen LogP contribution in [0.2, 0.25) is 0 Å². The Balaban J connectivity index is 1.38. The quantitative estimate of drug-likeness (QED) is 0.548. The van der Waals surface area contributed by atoms with E-state index in [0.29, 0.717) is 34.3 Å². The molecule has 2 aromatic heterocycles. The number of aliphatic hydroxyl groups is 1. The molecule has 0 atom stereocenters. The van der Waals surface area contributed by atoms with Gasteiger partial charge in [0.25, 0.3) is 5.91 Å². The van der Waals surface area contributed by atoms with Crippen LogP contribution >= 0.6 is 0 Å². The van der Waals surface area contributed by atoms with Crippen molar-refractivity contribution in [3.63, 3.8) is 0 Å². The Labute approximate surface area is 207 Å². The largest absolute Gasteiger partial charge is 0.394 e. The minimum atomic E-state index is -0.511. The highest BCUT2D eigenvalue weighted by atomic mass is 16.5. The van der Waals surface area contributed by atoms with Gasteiger partial charge in [0.2, 0.25) is 0 Å². The standard InChI is InChI=1S/C27H37N5O3/c1-26(2,18-33)31-23-7-6-20(24(29-23)32-14-12-27(10-11-27)13-15-32)25(34)30-22-5-3-4-21(28-22)19-8-16-35-17-9-19/h3-7,19,33H,8-18H2,1-2H3,(H,29,31)(H,28,30,34). The van der Waals surface area contributed by atoms with E-state index in [1.165, 1.54) is 12.8 Å². The van der Waals surface area contributed by atoms with Gasteiger partial charge in [-0.15, -0.1) is 0 Å². The average Bonchev–Trinajstić information content (AvgIpc) is 3.63. The van der Waals surface area contributed by atoms with E-state index < -0.39 is 5.54 Å². The van der Waals surface area contributed by atoms with E-state index >= 15 is 0 Å². The molecule has 35 heavy (non-hydrogen) atoms. The van der Waals surface area contributed by atoms with Crippen molar-refractivity contribution in [1.82, 2.24) is 9.97 Å². The Morgan fingerprint density at radius 1 is 1.09 bits per heavy atom. The minimum absolute atomic E-state index is 0.0202. The van der Waals surface area contributed by atoms with E-state index in [1.54, 1.807) is 0 Å². The van der Waals surface area contributed by atoms with Gasteiger partial charge in [-0.2, -0.15) is 0 Å². The smallest absolute Gasteiger partial charge is 0.260 e. The average molecular weight is 480 g/mol. The van der Waals surface area contributed by atoms with Crippen LogP contribution in [0.5, 0.6) is 0 Å². The monoisotopic (exact) mass is 479 g/mol. The van der Waals surface area contributed by atoms with Gasteiger partial charge in [-0.05, 0) is 82.1 Å². The van der Waals surface area contributed by atoms with Crippen LogP contribution in [0, 0.1) is 5.41 Å². The van der Waals surface area contributed by atoms with Crippen LogP contribution in [-0.4, -0.2) is 59.4 Å². The van der Waals surface area contributed by atoms with E-state index in [0.717, 1.165) is 57.7 Å². The Bertz CT molecular complexity index is 1050. The molecule has 1 aliphatic carbocycles. The molecule has 2 aliphatic heterocycles. The number of hydrogen-bond acceptors (Lipinski definition) is 7. The number of anilines is 3. The molecule has 2 saturated heterocycles. The molecule has 0 bridgehead atoms. The Kier molecular flexibility index (Phi) is 6.68. The maximum Gasteiger partial charge on any atom is 0.260 e. The van der Waals surface area contributed by atoms with Gasteiger partial charge >= 0.3 is 0 Å². The zero-order valence-electron chi connectivity index (χ0n) is 20.8. The minimum Gasteiger partial charge on any atom is -0.394 e. The lowest BCUT2D eigenvalue weighted by molar-refractivity contribution is 0.0845. The summed E-state index contributed by atoms with van der Waals surface area (Å²) in [5, 5.41) is 16.0. The molecule has 0 aromatic carbocycles. The number of nitrogens with one attached hydrogen (secondary N) is 2. The first-order valence-corrected chi connectivity index (χ1v) is 12.9. The third-order valence-electron chi connectivity index (χ3n) is 7.71. The molecule has 3 fully saturated rings. The van der Waals surface area contributed by atoms with E-state index in [9.17, 15) is 9.90 Å². The van der Waals surface area contributed by atoms with Crippen molar-refractivity contribution >= 4 is 23.4 Å². The zero-order chi connectivity index (χ0) is 24.5. The Hall–Kier alpha value is -2.71. The number of aliphatic hydroxyl groups excluding tert-OH is 1. The Morgan fingerprint density at radius 2 is 1.83 bits per heavy atom. The molecule has 1 spiro atoms. The highest BCUT2D eigenvalue weighted by molar-refractivity contribution is 6.07. The molecule has 2 aromatic rings. The highest BCUT2D eigenvalue weighted by Gasteiger charge is 2.45. The molecular formula is C27H37N5O3. The van der Waals surface area contributed by atoms with E-state index in [-0.39, 0.29) is 12.5 Å². The maximum atomic E-state index is 13.5. The fourth-order valence-corrected chi connectivity index (χ4v) is 5.12. The summed E-state index contributed by atoms with van der Waals surface area (Å²) in [6.07, 6.45) is 6.83. The molecule has 1 amide bonds. The fourth-order valence-electron chi connectivity index (χ4n) is 5.12. The molecule has 0 radical (unpaired) electrons. The first-order chi connectivity index (χ1) is 16.9. The summed E-state index contributed by atoms with van der Waals surface area (Å²) >= 11 is 0. The van der Waals surface area contributed by atoms with Gasteiger partial charge in [0.15, 0.2) is 0 Å². The van der Waals surface area contributed by atoms with Crippen molar-refractivity contribution in [3.8, 4) is 0 Å². The van der Waals surface area contributed by atoms with Crippen LogP contribution in [0.15, 0.2) is 30.3 Å². The maximum absolute atomic E-state index is 13.5. The molecule has 1 saturated carbocycles. The summed E-state index contributed by atoms with van der Waals surface area (Å²) in [6.45, 7) is 7.13. The lowest BCUT2D eigenvalue weighted by atomic mass is 9.93. The van der Waals surface area contributed by atoms with Crippen LogP contribution in [0.4, 0.5) is 17.5 Å². The van der Waals surface area contributed by atoms with Crippen LogP contribution in [0.1, 0.15) is 74.3 Å². The molecule has 8 heteroatoms. The molecule has 188 valence electrons. The van der Waals surface area contributed by atoms with Gasteiger partial charge in [-0.1, -0.05) is 6.07 Å². The number of aromatic nitrogens is 2. The Morgan fingerprint density at radius 3 is 2.51 bits per heavy atom. The van der Waals surface area contributed by atoms with Crippen LogP contribution in [-0.2, 0) is 4.74 Å². The molecule has 3 aliphatic rings. The topological polar surface area (TPSA) is 99.6 Å². The van der Waals surface area contributed by atoms with Crippen molar-refractivity contribution < 1.29 is 14.6 Å². The van der Waals surface area contributed by atoms with E-state index in [1.807, 2.05) is 44.2 Å². The third-order valence-corrected chi connectivity index (χ3v) is 7.71. The third kappa shape index (κ3) is 5.59. The summed E-state index contributed by atoms with van der Waals surface area (Å²) in [6, 6.07) is 9.47. The normalized spacial score (nSPS) is 20.0. The van der Waals surface area contributed by atoms with Gasteiger partial charge in [0.05, 0.1) is 17.7 Å². The van der Waals surface area contributed by atoms with Gasteiger partial charge in [-0.25, -0.2) is 9.97 Å². The van der Waals surface area contributed by atoms with E-state index in [2.05, 4.69) is 15.5 Å². The second-order valence-corrected chi connectivity index (χ2v) is 11.0. The van der Waals surface area contributed by atoms with Crippen molar-refractivity contribution in [2.45, 2.75) is 63.8 Å². The van der Waals surface area contributed by atoms with Gasteiger partial charge in [-0.3, -0.25) is 4.79 Å². The van der Waals surface area contributed by atoms with Crippen molar-refractivity contribution in [2.75, 3.05) is 48.4 Å². The number of carbonyl (C=O) groups excluding carboxylic acids is 1. The molecule has 4 heterocycles. The number of ether oxygens (including phenoxy) is 1. The van der Waals surface area contributed by atoms with Crippen LogP contribution in [0.25, 0.3) is 0 Å². The first kappa shape index (κ1) is 24.0.